The Morgan fingerprint density at radius 3 is 2.53 bits per heavy atom. The number of nitrogens with one attached hydrogen (secondary N) is 1. The zero-order valence-electron chi connectivity index (χ0n) is 18.6. The number of anilines is 2. The zero-order chi connectivity index (χ0) is 21.9. The lowest BCUT2D eigenvalue weighted by atomic mass is 10.1. The number of carbonyl (C=O) groups is 2. The summed E-state index contributed by atoms with van der Waals surface area (Å²) >= 11 is 0. The van der Waals surface area contributed by atoms with Gasteiger partial charge in [-0.3, -0.25) is 14.5 Å². The smallest absolute Gasteiger partial charge is 0.227 e. The molecule has 2 heterocycles. The predicted octanol–water partition coefficient (Wildman–Crippen LogP) is 2.47. The first-order valence-corrected chi connectivity index (χ1v) is 11.9. The van der Waals surface area contributed by atoms with Crippen LogP contribution in [0.15, 0.2) is 48.5 Å². The molecule has 1 N–H and O–H groups in total. The lowest BCUT2D eigenvalue weighted by Crippen LogP contribution is -2.48. The maximum atomic E-state index is 12.7. The van der Waals surface area contributed by atoms with Crippen molar-refractivity contribution in [3.8, 4) is 0 Å². The monoisotopic (exact) mass is 432 g/mol. The average molecular weight is 433 g/mol. The van der Waals surface area contributed by atoms with Crippen molar-refractivity contribution < 1.29 is 9.59 Å². The maximum Gasteiger partial charge on any atom is 0.227 e. The van der Waals surface area contributed by atoms with Gasteiger partial charge in [-0.15, -0.1) is 0 Å². The fourth-order valence-corrected chi connectivity index (χ4v) is 5.21. The molecule has 2 aromatic carbocycles. The number of aryl methyl sites for hydroxylation is 2. The van der Waals surface area contributed by atoms with Gasteiger partial charge in [-0.2, -0.15) is 0 Å². The summed E-state index contributed by atoms with van der Waals surface area (Å²) in [4.78, 5) is 31.9. The molecule has 168 valence electrons. The molecule has 1 atom stereocenters. The summed E-state index contributed by atoms with van der Waals surface area (Å²) in [7, 11) is 0. The Bertz CT molecular complexity index is 969. The highest BCUT2D eigenvalue weighted by Gasteiger charge is 2.35. The van der Waals surface area contributed by atoms with Gasteiger partial charge in [0.05, 0.1) is 5.92 Å². The summed E-state index contributed by atoms with van der Waals surface area (Å²) in [6, 6.07) is 16.9. The lowest BCUT2D eigenvalue weighted by molar-refractivity contribution is -0.126. The minimum absolute atomic E-state index is 0.00457. The molecule has 2 saturated heterocycles. The van der Waals surface area contributed by atoms with Crippen LogP contribution in [0.3, 0.4) is 0 Å². The third kappa shape index (κ3) is 4.51. The van der Waals surface area contributed by atoms with Crippen LogP contribution in [0, 0.1) is 5.92 Å². The van der Waals surface area contributed by atoms with Crippen LogP contribution in [0.2, 0.25) is 0 Å². The molecule has 1 unspecified atom stereocenters. The van der Waals surface area contributed by atoms with E-state index in [1.807, 2.05) is 12.1 Å². The number of hydrogen-bond acceptors (Lipinski definition) is 4. The summed E-state index contributed by atoms with van der Waals surface area (Å²) < 4.78 is 0. The van der Waals surface area contributed by atoms with Gasteiger partial charge < -0.3 is 15.1 Å². The molecule has 0 aromatic heterocycles. The molecule has 3 aliphatic rings. The molecular formula is C26H32N4O2. The van der Waals surface area contributed by atoms with Crippen LogP contribution in [-0.2, 0) is 22.4 Å². The second-order valence-corrected chi connectivity index (χ2v) is 9.17. The fourth-order valence-electron chi connectivity index (χ4n) is 5.21. The van der Waals surface area contributed by atoms with Gasteiger partial charge in [-0.25, -0.2) is 0 Å². The van der Waals surface area contributed by atoms with Crippen molar-refractivity contribution in [3.63, 3.8) is 0 Å². The molecule has 2 aromatic rings. The van der Waals surface area contributed by atoms with Crippen LogP contribution in [0.1, 0.15) is 24.0 Å². The first-order chi connectivity index (χ1) is 15.7. The predicted molar refractivity (Wildman–Crippen MR) is 127 cm³/mol. The summed E-state index contributed by atoms with van der Waals surface area (Å²) in [6.45, 7) is 5.98. The highest BCUT2D eigenvalue weighted by molar-refractivity contribution is 6.00. The van der Waals surface area contributed by atoms with Crippen LogP contribution in [-0.4, -0.2) is 62.5 Å². The van der Waals surface area contributed by atoms with E-state index in [2.05, 4.69) is 51.5 Å². The van der Waals surface area contributed by atoms with Crippen molar-refractivity contribution in [1.82, 2.24) is 10.2 Å². The molecule has 1 aliphatic carbocycles. The van der Waals surface area contributed by atoms with Gasteiger partial charge in [0.15, 0.2) is 0 Å². The molecule has 0 spiro atoms. The van der Waals surface area contributed by atoms with Crippen LogP contribution in [0.4, 0.5) is 11.4 Å². The third-order valence-corrected chi connectivity index (χ3v) is 7.11. The lowest BCUT2D eigenvalue weighted by Gasteiger charge is -2.36. The van der Waals surface area contributed by atoms with Crippen LogP contribution < -0.4 is 15.1 Å². The van der Waals surface area contributed by atoms with Gasteiger partial charge in [-0.1, -0.05) is 24.3 Å². The quantitative estimate of drug-likeness (QED) is 0.762. The Balaban J connectivity index is 1.07. The number of benzene rings is 2. The minimum atomic E-state index is -0.259. The van der Waals surface area contributed by atoms with E-state index < -0.39 is 0 Å². The summed E-state index contributed by atoms with van der Waals surface area (Å²) in [5.74, 6) is -0.198. The summed E-state index contributed by atoms with van der Waals surface area (Å²) in [6.07, 6.45) is 3.72. The van der Waals surface area contributed by atoms with Crippen molar-refractivity contribution in [2.24, 2.45) is 5.92 Å². The van der Waals surface area contributed by atoms with E-state index >= 15 is 0 Å². The van der Waals surface area contributed by atoms with Gasteiger partial charge in [0, 0.05) is 63.6 Å². The molecule has 0 radical (unpaired) electrons. The molecule has 2 aliphatic heterocycles. The van der Waals surface area contributed by atoms with Crippen molar-refractivity contribution in [2.75, 3.05) is 55.6 Å². The first-order valence-electron chi connectivity index (χ1n) is 11.9. The maximum absolute atomic E-state index is 12.7. The molecular weight excluding hydrogens is 400 g/mol. The van der Waals surface area contributed by atoms with E-state index in [0.717, 1.165) is 51.3 Å². The minimum Gasteiger partial charge on any atom is -0.369 e. The average Bonchev–Trinajstić information content (AvgIpc) is 3.46. The zero-order valence-corrected chi connectivity index (χ0v) is 18.6. The van der Waals surface area contributed by atoms with Crippen LogP contribution >= 0.6 is 0 Å². The summed E-state index contributed by atoms with van der Waals surface area (Å²) in [5.41, 5.74) is 4.98. The third-order valence-electron chi connectivity index (χ3n) is 7.11. The van der Waals surface area contributed by atoms with Crippen LogP contribution in [0.5, 0.6) is 0 Å². The largest absolute Gasteiger partial charge is 0.369 e. The summed E-state index contributed by atoms with van der Waals surface area (Å²) in [5, 5.41) is 3.08. The normalized spacial score (nSPS) is 21.1. The second kappa shape index (κ2) is 9.33. The molecule has 5 rings (SSSR count). The molecule has 2 amide bonds. The van der Waals surface area contributed by atoms with Gasteiger partial charge >= 0.3 is 0 Å². The Labute approximate surface area is 190 Å². The highest BCUT2D eigenvalue weighted by Crippen LogP contribution is 2.30. The van der Waals surface area contributed by atoms with E-state index in [-0.39, 0.29) is 17.7 Å². The number of piperazine rings is 1. The second-order valence-electron chi connectivity index (χ2n) is 9.17. The van der Waals surface area contributed by atoms with E-state index in [1.165, 1.54) is 23.2 Å². The molecule has 2 fully saturated rings. The molecule has 32 heavy (non-hydrogen) atoms. The first kappa shape index (κ1) is 21.0. The van der Waals surface area contributed by atoms with Gasteiger partial charge in [0.25, 0.3) is 0 Å². The van der Waals surface area contributed by atoms with Crippen molar-refractivity contribution in [1.29, 1.82) is 0 Å². The van der Waals surface area contributed by atoms with E-state index in [9.17, 15) is 9.59 Å². The van der Waals surface area contributed by atoms with Gasteiger partial charge in [-0.05, 0) is 54.7 Å². The molecule has 6 heteroatoms. The Morgan fingerprint density at radius 2 is 1.72 bits per heavy atom. The van der Waals surface area contributed by atoms with Crippen molar-refractivity contribution >= 4 is 23.2 Å². The van der Waals surface area contributed by atoms with E-state index in [4.69, 9.17) is 0 Å². The Kier molecular flexibility index (Phi) is 6.12. The van der Waals surface area contributed by atoms with Crippen LogP contribution in [0.25, 0.3) is 0 Å². The highest BCUT2D eigenvalue weighted by atomic mass is 16.2. The van der Waals surface area contributed by atoms with Crippen molar-refractivity contribution in [2.45, 2.75) is 25.7 Å². The number of carbonyl (C=O) groups excluding carboxylic acids is 2. The number of fused-ring (bicyclic) bond motifs is 1. The Morgan fingerprint density at radius 1 is 0.938 bits per heavy atom. The topological polar surface area (TPSA) is 55.9 Å². The number of hydrogen-bond donors (Lipinski definition) is 1. The van der Waals surface area contributed by atoms with E-state index in [1.54, 1.807) is 4.90 Å². The number of para-hydroxylation sites is 1. The number of rotatable bonds is 6. The number of amides is 2. The standard InChI is InChI=1S/C26H32N4O2/c31-25-18-22(19-30(25)24-10-9-20-5-4-6-21(20)17-24)26(32)27-11-12-28-13-15-29(16-14-28)23-7-2-1-3-8-23/h1-3,7-10,17,22H,4-6,11-16,18-19H2,(H,27,32). The fraction of sp³-hybridized carbons (Fsp3) is 0.462. The molecule has 0 saturated carbocycles. The van der Waals surface area contributed by atoms with E-state index in [0.29, 0.717) is 19.5 Å². The number of nitrogens with zero attached hydrogens (tertiary/aromatic N) is 3. The Hall–Kier alpha value is -2.86. The molecule has 0 bridgehead atoms. The van der Waals surface area contributed by atoms with Gasteiger partial charge in [0.2, 0.25) is 11.8 Å². The molecule has 6 nitrogen and oxygen atoms in total. The SMILES string of the molecule is O=C(NCCN1CCN(c2ccccc2)CC1)C1CC(=O)N(c2ccc3c(c2)CCC3)C1. The van der Waals surface area contributed by atoms with Gasteiger partial charge in [0.1, 0.15) is 0 Å². The van der Waals surface area contributed by atoms with Crippen molar-refractivity contribution in [3.05, 3.63) is 59.7 Å².